The highest BCUT2D eigenvalue weighted by Crippen LogP contribution is 2.38. The van der Waals surface area contributed by atoms with Crippen LogP contribution >= 0.6 is 0 Å². The van der Waals surface area contributed by atoms with E-state index in [1.165, 1.54) is 12.1 Å². The number of nitrogens with one attached hydrogen (secondary N) is 1. The van der Waals surface area contributed by atoms with E-state index in [-0.39, 0.29) is 60.1 Å². The topological polar surface area (TPSA) is 239 Å². The number of carbonyl (C=O) groups excluding carboxylic acids is 1. The van der Waals surface area contributed by atoms with Gasteiger partial charge >= 0.3 is 0 Å². The largest absolute Gasteiger partial charge is 0.398 e. The predicted molar refractivity (Wildman–Crippen MR) is 126 cm³/mol. The lowest BCUT2D eigenvalue weighted by Gasteiger charge is -2.18. The van der Waals surface area contributed by atoms with E-state index in [1.54, 1.807) is 12.1 Å². The first-order chi connectivity index (χ1) is 16.0. The third-order valence-electron chi connectivity index (χ3n) is 4.87. The standard InChI is InChI=1S/C19H24N8O5S2/c20-6-8-24-19(28)13-3-1-2-12(16(13)22)11-4-5-14(33(29,30)9-7-21)17(34(23,31)32)15(11)18-25-10-26-27-18/h1-5H,6-10,20-22H2,(H,24,28)(H2,23,31,32). The minimum absolute atomic E-state index is 0.0201. The molecule has 0 spiro atoms. The first-order valence-corrected chi connectivity index (χ1v) is 13.1. The van der Waals surface area contributed by atoms with Gasteiger partial charge in [0.15, 0.2) is 22.3 Å². The number of azo groups is 1. The molecule has 3 rings (SSSR count). The number of sulfonamides is 1. The van der Waals surface area contributed by atoms with Crippen molar-refractivity contribution in [2.45, 2.75) is 9.79 Å². The summed E-state index contributed by atoms with van der Waals surface area (Å²) in [4.78, 5) is 15.4. The molecule has 0 aromatic heterocycles. The van der Waals surface area contributed by atoms with Crippen LogP contribution in [0.25, 0.3) is 11.1 Å². The van der Waals surface area contributed by atoms with Gasteiger partial charge in [0.25, 0.3) is 5.91 Å². The first kappa shape index (κ1) is 25.4. The van der Waals surface area contributed by atoms with Crippen molar-refractivity contribution < 1.29 is 21.6 Å². The molecule has 0 radical (unpaired) electrons. The maximum atomic E-state index is 12.8. The number of nitrogen functional groups attached to an aromatic ring is 1. The van der Waals surface area contributed by atoms with Gasteiger partial charge in [0.05, 0.1) is 27.5 Å². The molecule has 1 aliphatic heterocycles. The van der Waals surface area contributed by atoms with Crippen molar-refractivity contribution in [2.24, 2.45) is 31.8 Å². The quantitative estimate of drug-likeness (QED) is 0.267. The number of sulfone groups is 1. The molecule has 0 fully saturated rings. The predicted octanol–water partition coefficient (Wildman–Crippen LogP) is -0.826. The number of hydrogen-bond acceptors (Lipinski definition) is 11. The monoisotopic (exact) mass is 508 g/mol. The molecule has 9 N–H and O–H groups in total. The van der Waals surface area contributed by atoms with Crippen molar-refractivity contribution in [3.8, 4) is 11.1 Å². The third-order valence-corrected chi connectivity index (χ3v) is 7.78. The summed E-state index contributed by atoms with van der Waals surface area (Å²) in [6, 6.07) is 7.04. The number of para-hydroxylation sites is 1. The Bertz CT molecular complexity index is 1400. The molecule has 2 aromatic carbocycles. The van der Waals surface area contributed by atoms with Gasteiger partial charge in [0.1, 0.15) is 4.90 Å². The van der Waals surface area contributed by atoms with Gasteiger partial charge in [-0.15, -0.1) is 5.11 Å². The molecular weight excluding hydrogens is 484 g/mol. The molecule has 1 amide bonds. The smallest absolute Gasteiger partial charge is 0.253 e. The zero-order chi connectivity index (χ0) is 25.1. The summed E-state index contributed by atoms with van der Waals surface area (Å²) in [6.07, 6.45) is 0. The number of anilines is 1. The average Bonchev–Trinajstić information content (AvgIpc) is 3.30. The number of rotatable bonds is 9. The second-order valence-corrected chi connectivity index (χ2v) is 10.7. The Hall–Kier alpha value is -3.24. The van der Waals surface area contributed by atoms with Crippen LogP contribution in [0.3, 0.4) is 0 Å². The first-order valence-electron chi connectivity index (χ1n) is 9.95. The van der Waals surface area contributed by atoms with Crippen molar-refractivity contribution >= 4 is 37.3 Å². The summed E-state index contributed by atoms with van der Waals surface area (Å²) in [7, 11) is -8.76. The minimum atomic E-state index is -4.62. The van der Waals surface area contributed by atoms with E-state index in [1.807, 2.05) is 0 Å². The average molecular weight is 509 g/mol. The van der Waals surface area contributed by atoms with E-state index in [4.69, 9.17) is 22.3 Å². The lowest BCUT2D eigenvalue weighted by Crippen LogP contribution is -2.29. The van der Waals surface area contributed by atoms with E-state index in [0.29, 0.717) is 0 Å². The van der Waals surface area contributed by atoms with Gasteiger partial charge in [-0.1, -0.05) is 18.2 Å². The van der Waals surface area contributed by atoms with Gasteiger partial charge in [-0.3, -0.25) is 4.79 Å². The fourth-order valence-electron chi connectivity index (χ4n) is 3.44. The fraction of sp³-hybridized carbons (Fsp3) is 0.263. The summed E-state index contributed by atoms with van der Waals surface area (Å²) in [5.74, 6) is -1.14. The van der Waals surface area contributed by atoms with Crippen LogP contribution < -0.4 is 27.7 Å². The van der Waals surface area contributed by atoms with E-state index in [9.17, 15) is 21.6 Å². The number of primary sulfonamides is 1. The molecule has 15 heteroatoms. The van der Waals surface area contributed by atoms with E-state index in [2.05, 4.69) is 20.5 Å². The second kappa shape index (κ2) is 9.94. The SMILES string of the molecule is NCCNC(=O)c1cccc(-c2ccc(S(=O)(=O)CCN)c(S(N)(=O)=O)c2C2=NCN=N2)c1N. The third kappa shape index (κ3) is 4.97. The van der Waals surface area contributed by atoms with Crippen LogP contribution in [-0.4, -0.2) is 60.6 Å². The Morgan fingerprint density at radius 2 is 1.76 bits per heavy atom. The molecule has 13 nitrogen and oxygen atoms in total. The minimum Gasteiger partial charge on any atom is -0.398 e. The highest BCUT2D eigenvalue weighted by molar-refractivity contribution is 7.93. The lowest BCUT2D eigenvalue weighted by molar-refractivity contribution is 0.0955. The summed E-state index contributed by atoms with van der Waals surface area (Å²) in [5.41, 5.74) is 17.5. The molecule has 0 aliphatic carbocycles. The zero-order valence-electron chi connectivity index (χ0n) is 17.9. The number of nitrogens with zero attached hydrogens (tertiary/aromatic N) is 3. The van der Waals surface area contributed by atoms with Crippen molar-refractivity contribution in [3.05, 3.63) is 41.5 Å². The van der Waals surface area contributed by atoms with Crippen LogP contribution in [0.15, 0.2) is 55.3 Å². The normalized spacial score (nSPS) is 13.7. The van der Waals surface area contributed by atoms with Crippen LogP contribution in [0, 0.1) is 0 Å². The van der Waals surface area contributed by atoms with Crippen molar-refractivity contribution in [1.29, 1.82) is 0 Å². The van der Waals surface area contributed by atoms with Crippen molar-refractivity contribution in [1.82, 2.24) is 5.32 Å². The molecule has 1 aliphatic rings. The summed E-state index contributed by atoms with van der Waals surface area (Å²) in [6.45, 7) is 0.109. The van der Waals surface area contributed by atoms with Crippen LogP contribution in [0.4, 0.5) is 5.69 Å². The summed E-state index contributed by atoms with van der Waals surface area (Å²) < 4.78 is 51.1. The number of aliphatic imine (C=N–C) groups is 1. The molecule has 2 aromatic rings. The molecule has 34 heavy (non-hydrogen) atoms. The lowest BCUT2D eigenvalue weighted by atomic mass is 9.95. The molecule has 0 unspecified atom stereocenters. The fourth-order valence-corrected chi connectivity index (χ4v) is 6.19. The Kier molecular flexibility index (Phi) is 7.42. The van der Waals surface area contributed by atoms with Crippen molar-refractivity contribution in [2.75, 3.05) is 37.8 Å². The van der Waals surface area contributed by atoms with Gasteiger partial charge in [0, 0.05) is 25.2 Å². The Labute approximate surface area is 196 Å². The number of amidine groups is 1. The molecule has 0 atom stereocenters. The van der Waals surface area contributed by atoms with Gasteiger partial charge in [-0.2, -0.15) is 5.11 Å². The van der Waals surface area contributed by atoms with E-state index >= 15 is 0 Å². The Balaban J connectivity index is 2.39. The number of nitrogens with two attached hydrogens (primary N) is 4. The van der Waals surface area contributed by atoms with Gasteiger partial charge < -0.3 is 22.5 Å². The maximum absolute atomic E-state index is 12.8. The highest BCUT2D eigenvalue weighted by atomic mass is 32.2. The number of carbonyl (C=O) groups is 1. The summed E-state index contributed by atoms with van der Waals surface area (Å²) in [5, 5.41) is 15.7. The molecular formula is C19H24N8O5S2. The van der Waals surface area contributed by atoms with Crippen molar-refractivity contribution in [3.63, 3.8) is 0 Å². The summed E-state index contributed by atoms with van der Waals surface area (Å²) >= 11 is 0. The van der Waals surface area contributed by atoms with Crippen LogP contribution in [-0.2, 0) is 19.9 Å². The van der Waals surface area contributed by atoms with Crippen LogP contribution in [0.2, 0.25) is 0 Å². The number of hydrogen-bond donors (Lipinski definition) is 5. The molecule has 0 saturated carbocycles. The Morgan fingerprint density at radius 1 is 1.03 bits per heavy atom. The Morgan fingerprint density at radius 3 is 2.35 bits per heavy atom. The van der Waals surface area contributed by atoms with Gasteiger partial charge in [-0.05, 0) is 17.7 Å². The highest BCUT2D eigenvalue weighted by Gasteiger charge is 2.33. The van der Waals surface area contributed by atoms with E-state index < -0.39 is 41.3 Å². The van der Waals surface area contributed by atoms with Crippen LogP contribution in [0.1, 0.15) is 15.9 Å². The number of amides is 1. The van der Waals surface area contributed by atoms with Gasteiger partial charge in [-0.25, -0.2) is 27.0 Å². The molecule has 182 valence electrons. The van der Waals surface area contributed by atoms with Crippen LogP contribution in [0.5, 0.6) is 0 Å². The second-order valence-electron chi connectivity index (χ2n) is 7.14. The zero-order valence-corrected chi connectivity index (χ0v) is 19.6. The molecule has 1 heterocycles. The molecule has 0 saturated heterocycles. The maximum Gasteiger partial charge on any atom is 0.253 e. The number of benzene rings is 2. The molecule has 0 bridgehead atoms. The van der Waals surface area contributed by atoms with Gasteiger partial charge in [0.2, 0.25) is 10.0 Å². The van der Waals surface area contributed by atoms with E-state index in [0.717, 1.165) is 6.07 Å².